The second-order valence-electron chi connectivity index (χ2n) is 6.39. The van der Waals surface area contributed by atoms with E-state index in [-0.39, 0.29) is 12.1 Å². The van der Waals surface area contributed by atoms with Crippen molar-refractivity contribution in [3.8, 4) is 0 Å². The number of rotatable bonds is 7. The molecule has 0 aromatic carbocycles. The Morgan fingerprint density at radius 3 is 2.44 bits per heavy atom. The van der Waals surface area contributed by atoms with Gasteiger partial charge in [0.05, 0.1) is 6.33 Å². The van der Waals surface area contributed by atoms with Crippen molar-refractivity contribution in [3.63, 3.8) is 0 Å². The largest absolute Gasteiger partial charge is 0.332 e. The Balaban J connectivity index is 2.21. The Kier molecular flexibility index (Phi) is 5.53. The van der Waals surface area contributed by atoms with Gasteiger partial charge in [-0.25, -0.2) is 18.2 Å². The quantitative estimate of drug-likeness (QED) is 0.649. The van der Waals surface area contributed by atoms with E-state index >= 15 is 0 Å². The molecule has 0 spiro atoms. The maximum Gasteiger partial charge on any atom is 0.332 e. The summed E-state index contributed by atoms with van der Waals surface area (Å²) in [6.07, 6.45) is 6.13. The van der Waals surface area contributed by atoms with Gasteiger partial charge in [-0.3, -0.25) is 13.9 Å². The number of sulfone groups is 1. The number of aryl methyl sites for hydroxylation is 2. The number of unbranched alkanes of at least 4 members (excludes halogenated alkanes) is 1. The van der Waals surface area contributed by atoms with Gasteiger partial charge in [-0.2, -0.15) is 0 Å². The van der Waals surface area contributed by atoms with Crippen LogP contribution >= 0.6 is 11.8 Å². The average Bonchev–Trinajstić information content (AvgIpc) is 2.92. The van der Waals surface area contributed by atoms with Gasteiger partial charge in [0.2, 0.25) is 0 Å². The number of hydrogen-bond donors (Lipinski definition) is 0. The lowest BCUT2D eigenvalue weighted by molar-refractivity contribution is 0.522. The lowest BCUT2D eigenvalue weighted by Crippen LogP contribution is -2.39. The van der Waals surface area contributed by atoms with Crippen LogP contribution in [0.15, 0.2) is 15.9 Å². The molecule has 0 bridgehead atoms. The fourth-order valence-corrected chi connectivity index (χ4v) is 4.82. The standard InChI is InChI=1S/C15H24N4O4S2/c1-15(24-4,25(5,22)23)8-6-7-9-19-13(20)11-12(16-10-17(11)2)18(3)14(19)21/h10H,6-9H2,1-5H3. The van der Waals surface area contributed by atoms with Crippen molar-refractivity contribution < 1.29 is 8.42 Å². The zero-order valence-corrected chi connectivity index (χ0v) is 16.8. The third-order valence-electron chi connectivity index (χ3n) is 4.68. The molecule has 2 aromatic rings. The molecule has 140 valence electrons. The van der Waals surface area contributed by atoms with Crippen molar-refractivity contribution in [3.05, 3.63) is 27.2 Å². The topological polar surface area (TPSA) is 96.0 Å². The van der Waals surface area contributed by atoms with Crippen LogP contribution in [0, 0.1) is 0 Å². The predicted octanol–water partition coefficient (Wildman–Crippen LogP) is 0.728. The van der Waals surface area contributed by atoms with Crippen LogP contribution in [0.25, 0.3) is 11.2 Å². The van der Waals surface area contributed by atoms with Gasteiger partial charge in [-0.05, 0) is 32.4 Å². The molecule has 25 heavy (non-hydrogen) atoms. The SMILES string of the molecule is CSC(C)(CCCCn1c(=O)c2c(ncn2C)n(C)c1=O)S(C)(=O)=O. The molecular formula is C15H24N4O4S2. The summed E-state index contributed by atoms with van der Waals surface area (Å²) in [5, 5.41) is 0. The maximum absolute atomic E-state index is 12.6. The van der Waals surface area contributed by atoms with Gasteiger partial charge in [0, 0.05) is 26.9 Å². The molecule has 10 heteroatoms. The summed E-state index contributed by atoms with van der Waals surface area (Å²) in [5.41, 5.74) is -0.0336. The van der Waals surface area contributed by atoms with Crippen LogP contribution in [0.1, 0.15) is 26.2 Å². The van der Waals surface area contributed by atoms with Gasteiger partial charge < -0.3 is 4.57 Å². The summed E-state index contributed by atoms with van der Waals surface area (Å²) in [5.74, 6) is 0. The van der Waals surface area contributed by atoms with Gasteiger partial charge >= 0.3 is 5.69 Å². The molecule has 2 rings (SSSR count). The van der Waals surface area contributed by atoms with Crippen molar-refractivity contribution in [2.24, 2.45) is 14.1 Å². The Hall–Kier alpha value is -1.55. The molecule has 0 saturated heterocycles. The van der Waals surface area contributed by atoms with Crippen molar-refractivity contribution >= 4 is 32.8 Å². The Labute approximate surface area is 150 Å². The summed E-state index contributed by atoms with van der Waals surface area (Å²) in [6.45, 7) is 1.96. The number of imidazole rings is 1. The minimum atomic E-state index is -3.19. The second kappa shape index (κ2) is 6.99. The first-order chi connectivity index (χ1) is 11.5. The number of hydrogen-bond acceptors (Lipinski definition) is 6. The molecule has 0 saturated carbocycles. The van der Waals surface area contributed by atoms with E-state index in [0.717, 1.165) is 0 Å². The van der Waals surface area contributed by atoms with Crippen molar-refractivity contribution in [2.75, 3.05) is 12.5 Å². The fraction of sp³-hybridized carbons (Fsp3) is 0.667. The molecule has 1 unspecified atom stereocenters. The van der Waals surface area contributed by atoms with Crippen molar-refractivity contribution in [1.82, 2.24) is 18.7 Å². The van der Waals surface area contributed by atoms with E-state index in [0.29, 0.717) is 30.4 Å². The van der Waals surface area contributed by atoms with Gasteiger partial charge in [0.25, 0.3) is 5.56 Å². The van der Waals surface area contributed by atoms with Crippen LogP contribution in [0.3, 0.4) is 0 Å². The number of aromatic nitrogens is 4. The third-order valence-corrected chi connectivity index (χ3v) is 8.93. The van der Waals surface area contributed by atoms with Gasteiger partial charge in [-0.15, -0.1) is 11.8 Å². The molecule has 0 radical (unpaired) electrons. The monoisotopic (exact) mass is 388 g/mol. The average molecular weight is 389 g/mol. The van der Waals surface area contributed by atoms with Gasteiger partial charge in [0.1, 0.15) is 4.08 Å². The summed E-state index contributed by atoms with van der Waals surface area (Å²) in [6, 6.07) is 0. The minimum Gasteiger partial charge on any atom is -0.328 e. The molecule has 0 amide bonds. The molecule has 0 aliphatic carbocycles. The highest BCUT2D eigenvalue weighted by Crippen LogP contribution is 2.33. The summed E-state index contributed by atoms with van der Waals surface area (Å²) in [4.78, 5) is 29.1. The van der Waals surface area contributed by atoms with Crippen LogP contribution in [-0.4, -0.2) is 43.7 Å². The first-order valence-electron chi connectivity index (χ1n) is 7.89. The van der Waals surface area contributed by atoms with E-state index in [1.54, 1.807) is 31.8 Å². The minimum absolute atomic E-state index is 0.251. The predicted molar refractivity (Wildman–Crippen MR) is 101 cm³/mol. The molecule has 0 N–H and O–H groups in total. The van der Waals surface area contributed by atoms with Crippen LogP contribution in [-0.2, 0) is 30.5 Å². The van der Waals surface area contributed by atoms with E-state index in [1.165, 1.54) is 33.5 Å². The smallest absolute Gasteiger partial charge is 0.328 e. The zero-order chi connectivity index (χ0) is 19.0. The van der Waals surface area contributed by atoms with E-state index < -0.39 is 19.6 Å². The van der Waals surface area contributed by atoms with Crippen LogP contribution in [0.4, 0.5) is 0 Å². The molecule has 0 aliphatic heterocycles. The van der Waals surface area contributed by atoms with E-state index in [9.17, 15) is 18.0 Å². The summed E-state index contributed by atoms with van der Waals surface area (Å²) < 4.78 is 27.1. The Morgan fingerprint density at radius 2 is 1.88 bits per heavy atom. The number of fused-ring (bicyclic) bond motifs is 1. The van der Waals surface area contributed by atoms with E-state index in [1.807, 2.05) is 0 Å². The summed E-state index contributed by atoms with van der Waals surface area (Å²) in [7, 11) is 0.103. The molecule has 0 fully saturated rings. The lowest BCUT2D eigenvalue weighted by Gasteiger charge is -2.25. The Bertz CT molecular complexity index is 1000. The molecule has 0 aliphatic rings. The number of thioether (sulfide) groups is 1. The zero-order valence-electron chi connectivity index (χ0n) is 15.1. The lowest BCUT2D eigenvalue weighted by atomic mass is 10.2. The third kappa shape index (κ3) is 3.55. The van der Waals surface area contributed by atoms with Crippen molar-refractivity contribution in [1.29, 1.82) is 0 Å². The van der Waals surface area contributed by atoms with Crippen LogP contribution < -0.4 is 11.2 Å². The van der Waals surface area contributed by atoms with Crippen LogP contribution in [0.5, 0.6) is 0 Å². The van der Waals surface area contributed by atoms with E-state index in [2.05, 4.69) is 4.98 Å². The second-order valence-corrected chi connectivity index (χ2v) is 10.4. The number of nitrogens with zero attached hydrogens (tertiary/aromatic N) is 4. The van der Waals surface area contributed by atoms with Crippen molar-refractivity contribution in [2.45, 2.75) is 36.8 Å². The fourth-order valence-electron chi connectivity index (χ4n) is 2.75. The molecule has 1 atom stereocenters. The first kappa shape index (κ1) is 19.8. The maximum atomic E-state index is 12.6. The molecule has 2 heterocycles. The highest BCUT2D eigenvalue weighted by molar-refractivity contribution is 8.14. The van der Waals surface area contributed by atoms with Gasteiger partial charge in [0.15, 0.2) is 21.0 Å². The normalized spacial score (nSPS) is 14.8. The molecular weight excluding hydrogens is 364 g/mol. The summed E-state index contributed by atoms with van der Waals surface area (Å²) >= 11 is 1.31. The van der Waals surface area contributed by atoms with Crippen LogP contribution in [0.2, 0.25) is 0 Å². The molecule has 8 nitrogen and oxygen atoms in total. The van der Waals surface area contributed by atoms with Gasteiger partial charge in [-0.1, -0.05) is 0 Å². The Morgan fingerprint density at radius 1 is 1.24 bits per heavy atom. The van der Waals surface area contributed by atoms with E-state index in [4.69, 9.17) is 0 Å². The molecule has 2 aromatic heterocycles. The highest BCUT2D eigenvalue weighted by atomic mass is 32.3. The highest BCUT2D eigenvalue weighted by Gasteiger charge is 2.34. The first-order valence-corrected chi connectivity index (χ1v) is 11.0.